The summed E-state index contributed by atoms with van der Waals surface area (Å²) in [6.45, 7) is 6.42. The number of methoxy groups -OCH3 is 1. The third kappa shape index (κ3) is 3.00. The summed E-state index contributed by atoms with van der Waals surface area (Å²) in [5.41, 5.74) is 1.24. The third-order valence-electron chi connectivity index (χ3n) is 3.30. The van der Waals surface area contributed by atoms with Crippen molar-refractivity contribution in [2.45, 2.75) is 19.5 Å². The maximum absolute atomic E-state index is 5.43. The number of nitrogens with zero attached hydrogens (tertiary/aromatic N) is 1. The molecule has 1 heterocycles. The predicted molar refractivity (Wildman–Crippen MR) is 73.4 cm³/mol. The number of nitrogens with one attached hydrogen (secondary N) is 1. The number of halogens is 1. The van der Waals surface area contributed by atoms with Gasteiger partial charge in [-0.2, -0.15) is 0 Å². The van der Waals surface area contributed by atoms with Crippen LogP contribution in [-0.4, -0.2) is 37.7 Å². The Bertz CT molecular complexity index is 384. The molecule has 1 aromatic carbocycles. The number of hydrogen-bond donors (Lipinski definition) is 1. The average Bonchev–Trinajstić information content (AvgIpc) is 2.34. The molecular formula is C13H19BrN2O. The summed E-state index contributed by atoms with van der Waals surface area (Å²) in [4.78, 5) is 2.49. The standard InChI is InChI=1S/C13H19BrN2O/c1-10-8-15-6-7-16(10)9-11-12(14)4-3-5-13(11)17-2/h3-5,10,15H,6-9H2,1-2H3/t10-/m1/s1. The molecule has 1 aliphatic rings. The molecule has 0 unspecified atom stereocenters. The van der Waals surface area contributed by atoms with E-state index in [2.05, 4.69) is 39.1 Å². The SMILES string of the molecule is COc1cccc(Br)c1CN1CCNC[C@H]1C. The first kappa shape index (κ1) is 12.9. The van der Waals surface area contributed by atoms with Crippen LogP contribution in [0, 0.1) is 0 Å². The van der Waals surface area contributed by atoms with Crippen molar-refractivity contribution in [3.05, 3.63) is 28.2 Å². The number of hydrogen-bond acceptors (Lipinski definition) is 3. The average molecular weight is 299 g/mol. The zero-order valence-electron chi connectivity index (χ0n) is 10.4. The zero-order valence-corrected chi connectivity index (χ0v) is 12.0. The van der Waals surface area contributed by atoms with E-state index in [9.17, 15) is 0 Å². The van der Waals surface area contributed by atoms with Crippen molar-refractivity contribution in [1.82, 2.24) is 10.2 Å². The summed E-state index contributed by atoms with van der Waals surface area (Å²) in [6.07, 6.45) is 0. The first-order valence-corrected chi connectivity index (χ1v) is 6.78. The van der Waals surface area contributed by atoms with Crippen LogP contribution < -0.4 is 10.1 Å². The summed E-state index contributed by atoms with van der Waals surface area (Å²) in [5, 5.41) is 3.41. The second-order valence-electron chi connectivity index (χ2n) is 4.44. The van der Waals surface area contributed by atoms with E-state index in [4.69, 9.17) is 4.74 Å². The second kappa shape index (κ2) is 5.85. The van der Waals surface area contributed by atoms with E-state index >= 15 is 0 Å². The highest BCUT2D eigenvalue weighted by atomic mass is 79.9. The van der Waals surface area contributed by atoms with Gasteiger partial charge >= 0.3 is 0 Å². The van der Waals surface area contributed by atoms with Gasteiger partial charge in [-0.1, -0.05) is 22.0 Å². The lowest BCUT2D eigenvalue weighted by Gasteiger charge is -2.34. The summed E-state index contributed by atoms with van der Waals surface area (Å²) < 4.78 is 6.56. The lowest BCUT2D eigenvalue weighted by Crippen LogP contribution is -2.49. The van der Waals surface area contributed by atoms with Crippen LogP contribution in [0.2, 0.25) is 0 Å². The molecule has 4 heteroatoms. The van der Waals surface area contributed by atoms with Crippen molar-refractivity contribution in [2.75, 3.05) is 26.7 Å². The van der Waals surface area contributed by atoms with Crippen LogP contribution in [0.25, 0.3) is 0 Å². The molecule has 1 aliphatic heterocycles. The molecule has 0 spiro atoms. The maximum Gasteiger partial charge on any atom is 0.124 e. The first-order chi connectivity index (χ1) is 8.22. The van der Waals surface area contributed by atoms with Gasteiger partial charge in [0.2, 0.25) is 0 Å². The summed E-state index contributed by atoms with van der Waals surface area (Å²) >= 11 is 3.61. The fourth-order valence-electron chi connectivity index (χ4n) is 2.20. The summed E-state index contributed by atoms with van der Waals surface area (Å²) in [5.74, 6) is 0.963. The molecule has 0 aromatic heterocycles. The molecule has 17 heavy (non-hydrogen) atoms. The molecule has 1 aromatic rings. The topological polar surface area (TPSA) is 24.5 Å². The van der Waals surface area contributed by atoms with Crippen LogP contribution in [0.1, 0.15) is 12.5 Å². The molecular weight excluding hydrogens is 280 g/mol. The highest BCUT2D eigenvalue weighted by Gasteiger charge is 2.20. The van der Waals surface area contributed by atoms with Gasteiger partial charge < -0.3 is 10.1 Å². The minimum Gasteiger partial charge on any atom is -0.496 e. The number of piperazine rings is 1. The Kier molecular flexibility index (Phi) is 4.42. The fourth-order valence-corrected chi connectivity index (χ4v) is 2.68. The van der Waals surface area contributed by atoms with Gasteiger partial charge in [-0.25, -0.2) is 0 Å². The van der Waals surface area contributed by atoms with E-state index in [0.717, 1.165) is 36.4 Å². The van der Waals surface area contributed by atoms with Gasteiger partial charge in [0.15, 0.2) is 0 Å². The van der Waals surface area contributed by atoms with Crippen molar-refractivity contribution in [2.24, 2.45) is 0 Å². The molecule has 0 aliphatic carbocycles. The normalized spacial score (nSPS) is 21.5. The highest BCUT2D eigenvalue weighted by Crippen LogP contribution is 2.28. The molecule has 0 bridgehead atoms. The fraction of sp³-hybridized carbons (Fsp3) is 0.538. The summed E-state index contributed by atoms with van der Waals surface area (Å²) in [7, 11) is 1.73. The van der Waals surface area contributed by atoms with Crippen LogP contribution in [0.3, 0.4) is 0 Å². The van der Waals surface area contributed by atoms with Crippen LogP contribution in [0.5, 0.6) is 5.75 Å². The van der Waals surface area contributed by atoms with Gasteiger partial charge in [0.05, 0.1) is 7.11 Å². The quantitative estimate of drug-likeness (QED) is 0.926. The van der Waals surface area contributed by atoms with Gasteiger partial charge in [0.25, 0.3) is 0 Å². The Balaban J connectivity index is 2.16. The first-order valence-electron chi connectivity index (χ1n) is 5.98. The summed E-state index contributed by atoms with van der Waals surface area (Å²) in [6, 6.07) is 6.67. The molecule has 94 valence electrons. The van der Waals surface area contributed by atoms with E-state index in [1.807, 2.05) is 12.1 Å². The molecule has 0 radical (unpaired) electrons. The Morgan fingerprint density at radius 1 is 1.53 bits per heavy atom. The van der Waals surface area contributed by atoms with Crippen LogP contribution in [0.15, 0.2) is 22.7 Å². The van der Waals surface area contributed by atoms with Gasteiger partial charge in [-0.05, 0) is 19.1 Å². The minimum atomic E-state index is 0.570. The van der Waals surface area contributed by atoms with Gasteiger partial charge in [0, 0.05) is 42.3 Å². The van der Waals surface area contributed by atoms with Crippen LogP contribution in [0.4, 0.5) is 0 Å². The van der Waals surface area contributed by atoms with Crippen molar-refractivity contribution in [3.63, 3.8) is 0 Å². The van der Waals surface area contributed by atoms with E-state index in [1.165, 1.54) is 5.56 Å². The third-order valence-corrected chi connectivity index (χ3v) is 4.04. The van der Waals surface area contributed by atoms with E-state index in [-0.39, 0.29) is 0 Å². The van der Waals surface area contributed by atoms with Gasteiger partial charge in [-0.15, -0.1) is 0 Å². The molecule has 3 nitrogen and oxygen atoms in total. The van der Waals surface area contributed by atoms with Crippen LogP contribution in [-0.2, 0) is 6.54 Å². The lowest BCUT2D eigenvalue weighted by atomic mass is 10.1. The van der Waals surface area contributed by atoms with Crippen molar-refractivity contribution >= 4 is 15.9 Å². The zero-order chi connectivity index (χ0) is 12.3. The van der Waals surface area contributed by atoms with E-state index < -0.39 is 0 Å². The Morgan fingerprint density at radius 3 is 3.06 bits per heavy atom. The van der Waals surface area contributed by atoms with Crippen molar-refractivity contribution < 1.29 is 4.74 Å². The maximum atomic E-state index is 5.43. The van der Waals surface area contributed by atoms with E-state index in [1.54, 1.807) is 7.11 Å². The van der Waals surface area contributed by atoms with Gasteiger partial charge in [0.1, 0.15) is 5.75 Å². The molecule has 1 N–H and O–H groups in total. The Labute approximate surface area is 111 Å². The van der Waals surface area contributed by atoms with Crippen molar-refractivity contribution in [1.29, 1.82) is 0 Å². The Morgan fingerprint density at radius 2 is 2.35 bits per heavy atom. The Hall–Kier alpha value is -0.580. The largest absolute Gasteiger partial charge is 0.496 e. The molecule has 1 fully saturated rings. The monoisotopic (exact) mass is 298 g/mol. The highest BCUT2D eigenvalue weighted by molar-refractivity contribution is 9.10. The van der Waals surface area contributed by atoms with Gasteiger partial charge in [-0.3, -0.25) is 4.90 Å². The number of ether oxygens (including phenoxy) is 1. The molecule has 1 saturated heterocycles. The lowest BCUT2D eigenvalue weighted by molar-refractivity contribution is 0.163. The molecule has 0 saturated carbocycles. The molecule has 1 atom stereocenters. The van der Waals surface area contributed by atoms with Crippen molar-refractivity contribution in [3.8, 4) is 5.75 Å². The van der Waals surface area contributed by atoms with Crippen LogP contribution >= 0.6 is 15.9 Å². The minimum absolute atomic E-state index is 0.570. The second-order valence-corrected chi connectivity index (χ2v) is 5.30. The number of rotatable bonds is 3. The number of benzene rings is 1. The molecule has 0 amide bonds. The van der Waals surface area contributed by atoms with E-state index in [0.29, 0.717) is 6.04 Å². The smallest absolute Gasteiger partial charge is 0.124 e. The molecule has 2 rings (SSSR count). The predicted octanol–water partition coefficient (Wildman–Crippen LogP) is 2.25.